The summed E-state index contributed by atoms with van der Waals surface area (Å²) >= 11 is 0. The Hall–Kier alpha value is -2.01. The van der Waals surface area contributed by atoms with Gasteiger partial charge < -0.3 is 20.0 Å². The van der Waals surface area contributed by atoms with Crippen LogP contribution in [0.4, 0.5) is 0 Å². The Balaban J connectivity index is 2.29. The number of furan rings is 1. The highest BCUT2D eigenvalue weighted by Gasteiger charge is 2.13. The van der Waals surface area contributed by atoms with Gasteiger partial charge in [0.15, 0.2) is 11.3 Å². The number of carbonyl (C=O) groups is 1. The lowest BCUT2D eigenvalue weighted by atomic mass is 10.0. The highest BCUT2D eigenvalue weighted by molar-refractivity contribution is 5.84. The molecule has 1 aromatic carbocycles. The standard InChI is InChI=1S/C13H15NO4/c1-17-11-7-9(10(14)2-3-12(15)16)6-8-4-5-18-13(8)11/h4-7,10H,2-3,14H2,1H3,(H,15,16). The molecule has 0 saturated carbocycles. The zero-order chi connectivity index (χ0) is 13.1. The van der Waals surface area contributed by atoms with Gasteiger partial charge in [-0.1, -0.05) is 0 Å². The predicted octanol–water partition coefficient (Wildman–Crippen LogP) is 2.31. The lowest BCUT2D eigenvalue weighted by molar-refractivity contribution is -0.137. The first-order valence-electron chi connectivity index (χ1n) is 5.64. The van der Waals surface area contributed by atoms with Crippen molar-refractivity contribution in [1.82, 2.24) is 0 Å². The summed E-state index contributed by atoms with van der Waals surface area (Å²) in [6.45, 7) is 0. The van der Waals surface area contributed by atoms with Gasteiger partial charge in [0.25, 0.3) is 0 Å². The fourth-order valence-corrected chi connectivity index (χ4v) is 1.88. The quantitative estimate of drug-likeness (QED) is 0.849. The number of benzene rings is 1. The molecule has 0 aliphatic rings. The van der Waals surface area contributed by atoms with Gasteiger partial charge in [0, 0.05) is 17.8 Å². The van der Waals surface area contributed by atoms with Crippen molar-refractivity contribution < 1.29 is 19.1 Å². The van der Waals surface area contributed by atoms with E-state index in [4.69, 9.17) is 20.0 Å². The molecule has 5 nitrogen and oxygen atoms in total. The molecule has 0 aliphatic carbocycles. The fourth-order valence-electron chi connectivity index (χ4n) is 1.88. The van der Waals surface area contributed by atoms with Crippen molar-refractivity contribution in [3.8, 4) is 5.75 Å². The Bertz CT molecular complexity index is 561. The average molecular weight is 249 g/mol. The summed E-state index contributed by atoms with van der Waals surface area (Å²) in [5.74, 6) is -0.236. The number of hydrogen-bond donors (Lipinski definition) is 2. The van der Waals surface area contributed by atoms with E-state index in [1.165, 1.54) is 0 Å². The molecule has 1 aromatic heterocycles. The molecule has 5 heteroatoms. The van der Waals surface area contributed by atoms with Crippen molar-refractivity contribution in [3.63, 3.8) is 0 Å². The zero-order valence-corrected chi connectivity index (χ0v) is 10.1. The molecule has 2 rings (SSSR count). The second kappa shape index (κ2) is 5.10. The van der Waals surface area contributed by atoms with Gasteiger partial charge in [0.2, 0.25) is 0 Å². The van der Waals surface area contributed by atoms with Crippen molar-refractivity contribution >= 4 is 16.9 Å². The van der Waals surface area contributed by atoms with Crippen LogP contribution in [0.5, 0.6) is 5.75 Å². The molecule has 1 atom stereocenters. The van der Waals surface area contributed by atoms with Crippen molar-refractivity contribution in [1.29, 1.82) is 0 Å². The van der Waals surface area contributed by atoms with Crippen LogP contribution in [0.3, 0.4) is 0 Å². The molecule has 0 radical (unpaired) electrons. The first-order chi connectivity index (χ1) is 8.61. The Morgan fingerprint density at radius 1 is 1.56 bits per heavy atom. The van der Waals surface area contributed by atoms with Crippen molar-refractivity contribution in [2.24, 2.45) is 5.73 Å². The number of ether oxygens (including phenoxy) is 1. The van der Waals surface area contributed by atoms with Crippen LogP contribution in [-0.2, 0) is 4.79 Å². The third-order valence-corrected chi connectivity index (χ3v) is 2.86. The van der Waals surface area contributed by atoms with Crippen LogP contribution in [0.2, 0.25) is 0 Å². The van der Waals surface area contributed by atoms with Crippen molar-refractivity contribution in [2.45, 2.75) is 18.9 Å². The van der Waals surface area contributed by atoms with Gasteiger partial charge in [-0.2, -0.15) is 0 Å². The number of carboxylic acid groups (broad SMARTS) is 1. The van der Waals surface area contributed by atoms with E-state index in [1.54, 1.807) is 19.4 Å². The van der Waals surface area contributed by atoms with E-state index in [9.17, 15) is 4.79 Å². The average Bonchev–Trinajstić information content (AvgIpc) is 2.82. The predicted molar refractivity (Wildman–Crippen MR) is 66.6 cm³/mol. The number of aliphatic carboxylic acids is 1. The molecule has 0 saturated heterocycles. The van der Waals surface area contributed by atoms with Gasteiger partial charge in [0.1, 0.15) is 0 Å². The van der Waals surface area contributed by atoms with E-state index in [0.717, 1.165) is 10.9 Å². The lowest BCUT2D eigenvalue weighted by Crippen LogP contribution is -2.12. The SMILES string of the molecule is COc1cc(C(N)CCC(=O)O)cc2ccoc12. The molecule has 96 valence electrons. The van der Waals surface area contributed by atoms with E-state index in [0.29, 0.717) is 17.8 Å². The zero-order valence-electron chi connectivity index (χ0n) is 10.1. The summed E-state index contributed by atoms with van der Waals surface area (Å²) in [4.78, 5) is 10.5. The van der Waals surface area contributed by atoms with Crippen LogP contribution < -0.4 is 10.5 Å². The van der Waals surface area contributed by atoms with E-state index >= 15 is 0 Å². The van der Waals surface area contributed by atoms with Gasteiger partial charge in [0.05, 0.1) is 13.4 Å². The lowest BCUT2D eigenvalue weighted by Gasteiger charge is -2.12. The van der Waals surface area contributed by atoms with E-state index in [2.05, 4.69) is 0 Å². The van der Waals surface area contributed by atoms with Gasteiger partial charge in [-0.3, -0.25) is 4.79 Å². The largest absolute Gasteiger partial charge is 0.493 e. The molecule has 0 amide bonds. The minimum absolute atomic E-state index is 0.0485. The van der Waals surface area contributed by atoms with Gasteiger partial charge in [-0.15, -0.1) is 0 Å². The van der Waals surface area contributed by atoms with E-state index in [-0.39, 0.29) is 12.5 Å². The highest BCUT2D eigenvalue weighted by atomic mass is 16.5. The Morgan fingerprint density at radius 3 is 3.00 bits per heavy atom. The molecule has 0 aliphatic heterocycles. The van der Waals surface area contributed by atoms with Crippen LogP contribution in [0.15, 0.2) is 28.9 Å². The summed E-state index contributed by atoms with van der Waals surface area (Å²) in [5.41, 5.74) is 7.50. The summed E-state index contributed by atoms with van der Waals surface area (Å²) in [6, 6.07) is 5.19. The summed E-state index contributed by atoms with van der Waals surface area (Å²) < 4.78 is 10.5. The topological polar surface area (TPSA) is 85.7 Å². The van der Waals surface area contributed by atoms with Gasteiger partial charge in [-0.25, -0.2) is 0 Å². The molecular weight excluding hydrogens is 234 g/mol. The van der Waals surface area contributed by atoms with Gasteiger partial charge >= 0.3 is 5.97 Å². The first-order valence-corrected chi connectivity index (χ1v) is 5.64. The summed E-state index contributed by atoms with van der Waals surface area (Å²) in [5, 5.41) is 9.55. The Labute approximate surface area is 104 Å². The minimum atomic E-state index is -0.846. The van der Waals surface area contributed by atoms with Crippen LogP contribution in [-0.4, -0.2) is 18.2 Å². The fraction of sp³-hybridized carbons (Fsp3) is 0.308. The summed E-state index contributed by atoms with van der Waals surface area (Å²) in [7, 11) is 1.56. The maximum absolute atomic E-state index is 10.5. The summed E-state index contributed by atoms with van der Waals surface area (Å²) in [6.07, 6.45) is 2.02. The molecule has 1 unspecified atom stereocenters. The van der Waals surface area contributed by atoms with Crippen LogP contribution in [0.1, 0.15) is 24.4 Å². The molecule has 2 aromatic rings. The third kappa shape index (κ3) is 2.46. The van der Waals surface area contributed by atoms with Crippen molar-refractivity contribution in [3.05, 3.63) is 30.0 Å². The smallest absolute Gasteiger partial charge is 0.303 e. The number of carboxylic acids is 1. The van der Waals surface area contributed by atoms with Gasteiger partial charge in [-0.05, 0) is 30.2 Å². The number of nitrogens with two attached hydrogens (primary N) is 1. The first kappa shape index (κ1) is 12.4. The molecule has 0 spiro atoms. The maximum Gasteiger partial charge on any atom is 0.303 e. The number of rotatable bonds is 5. The Kier molecular flexibility index (Phi) is 3.53. The second-order valence-electron chi connectivity index (χ2n) is 4.10. The Morgan fingerprint density at radius 2 is 2.33 bits per heavy atom. The molecule has 18 heavy (non-hydrogen) atoms. The molecular formula is C13H15NO4. The molecule has 0 fully saturated rings. The van der Waals surface area contributed by atoms with Crippen LogP contribution >= 0.6 is 0 Å². The number of hydrogen-bond acceptors (Lipinski definition) is 4. The van der Waals surface area contributed by atoms with E-state index < -0.39 is 5.97 Å². The molecule has 3 N–H and O–H groups in total. The minimum Gasteiger partial charge on any atom is -0.493 e. The maximum atomic E-state index is 10.5. The van der Waals surface area contributed by atoms with Crippen LogP contribution in [0, 0.1) is 0 Å². The monoisotopic (exact) mass is 249 g/mol. The second-order valence-corrected chi connectivity index (χ2v) is 4.10. The third-order valence-electron chi connectivity index (χ3n) is 2.86. The molecule has 1 heterocycles. The molecule has 0 bridgehead atoms. The number of fused-ring (bicyclic) bond motifs is 1. The normalized spacial score (nSPS) is 12.6. The highest BCUT2D eigenvalue weighted by Crippen LogP contribution is 2.31. The number of methoxy groups -OCH3 is 1. The van der Waals surface area contributed by atoms with Crippen molar-refractivity contribution in [2.75, 3.05) is 7.11 Å². The van der Waals surface area contributed by atoms with E-state index in [1.807, 2.05) is 12.1 Å². The van der Waals surface area contributed by atoms with Crippen LogP contribution in [0.25, 0.3) is 11.0 Å².